The van der Waals surface area contributed by atoms with E-state index in [4.69, 9.17) is 4.65 Å². The van der Waals surface area contributed by atoms with E-state index in [1.54, 1.807) is 0 Å². The summed E-state index contributed by atoms with van der Waals surface area (Å²) >= 11 is 0. The van der Waals surface area contributed by atoms with Gasteiger partial charge in [-0.1, -0.05) is 115 Å². The molecule has 34 heavy (non-hydrogen) atoms. The van der Waals surface area contributed by atoms with Gasteiger partial charge in [-0.2, -0.15) is 0 Å². The van der Waals surface area contributed by atoms with Crippen LogP contribution in [0.4, 0.5) is 0 Å². The number of hydrogen-bond donors (Lipinski definition) is 2. The van der Waals surface area contributed by atoms with Crippen LogP contribution >= 0.6 is 0 Å². The van der Waals surface area contributed by atoms with Crippen molar-refractivity contribution < 1.29 is 14.7 Å². The normalized spacial score (nSPS) is 11.2. The van der Waals surface area contributed by atoms with Gasteiger partial charge in [0, 0.05) is 10.8 Å². The molecule has 2 N–H and O–H groups in total. The zero-order valence-corrected chi connectivity index (χ0v) is 18.3. The van der Waals surface area contributed by atoms with Crippen molar-refractivity contribution in [3.05, 3.63) is 115 Å². The molecule has 0 aliphatic rings. The molecule has 0 amide bonds. The van der Waals surface area contributed by atoms with Crippen molar-refractivity contribution in [2.45, 2.75) is 0 Å². The van der Waals surface area contributed by atoms with E-state index in [1.165, 1.54) is 16.5 Å². The fourth-order valence-corrected chi connectivity index (χ4v) is 5.00. The first kappa shape index (κ1) is 20.5. The van der Waals surface area contributed by atoms with Gasteiger partial charge >= 0.3 is 7.32 Å². The Hall–Kier alpha value is -4.12. The van der Waals surface area contributed by atoms with Gasteiger partial charge in [0.2, 0.25) is 0 Å². The maximum Gasteiger partial charge on any atom is 0.707 e. The van der Waals surface area contributed by atoms with E-state index in [2.05, 4.69) is 72.8 Å². The third-order valence-electron chi connectivity index (χ3n) is 6.38. The molecule has 0 aromatic heterocycles. The predicted molar refractivity (Wildman–Crippen MR) is 141 cm³/mol. The first-order chi connectivity index (χ1) is 16.7. The van der Waals surface area contributed by atoms with Crippen molar-refractivity contribution in [2.75, 3.05) is 0 Å². The van der Waals surface area contributed by atoms with Crippen LogP contribution in [0.3, 0.4) is 0 Å². The van der Waals surface area contributed by atoms with Gasteiger partial charge in [-0.25, -0.2) is 0 Å². The number of rotatable bonds is 4. The average Bonchev–Trinajstić information content (AvgIpc) is 2.89. The smallest absolute Gasteiger partial charge is 0.511 e. The van der Waals surface area contributed by atoms with Crippen molar-refractivity contribution in [1.29, 1.82) is 0 Å². The molecule has 0 radical (unpaired) electrons. The standard InChI is InChI=1S/C30H21BO3/c32-31(33)34-30-27-16-8-6-14-24(27)29(25-15-7-9-17-28(25)30)26-19-18-21(20-10-2-1-3-11-20)22-12-4-5-13-23(22)26/h1-19,32-33H. The molecule has 0 spiro atoms. The fraction of sp³-hybridized carbons (Fsp3) is 0. The van der Waals surface area contributed by atoms with Crippen LogP contribution in [0.2, 0.25) is 0 Å². The highest BCUT2D eigenvalue weighted by Gasteiger charge is 2.21. The lowest BCUT2D eigenvalue weighted by molar-refractivity contribution is 0.291. The molecule has 162 valence electrons. The quantitative estimate of drug-likeness (QED) is 0.233. The third-order valence-corrected chi connectivity index (χ3v) is 6.38. The maximum atomic E-state index is 9.62. The monoisotopic (exact) mass is 440 g/mol. The minimum atomic E-state index is -1.90. The lowest BCUT2D eigenvalue weighted by Crippen LogP contribution is -2.21. The van der Waals surface area contributed by atoms with Crippen LogP contribution < -0.4 is 4.65 Å². The Kier molecular flexibility index (Phi) is 5.03. The molecule has 0 fully saturated rings. The van der Waals surface area contributed by atoms with Crippen LogP contribution in [0, 0.1) is 0 Å². The first-order valence-corrected chi connectivity index (χ1v) is 11.3. The zero-order valence-electron chi connectivity index (χ0n) is 18.3. The summed E-state index contributed by atoms with van der Waals surface area (Å²) in [5, 5.41) is 25.3. The van der Waals surface area contributed by atoms with E-state index in [9.17, 15) is 10.0 Å². The second-order valence-corrected chi connectivity index (χ2v) is 8.31. The second kappa shape index (κ2) is 8.34. The lowest BCUT2D eigenvalue weighted by Gasteiger charge is -2.19. The summed E-state index contributed by atoms with van der Waals surface area (Å²) in [5.74, 6) is 0.468. The molecule has 0 aliphatic carbocycles. The van der Waals surface area contributed by atoms with Crippen LogP contribution in [0.15, 0.2) is 115 Å². The molecular weight excluding hydrogens is 419 g/mol. The average molecular weight is 440 g/mol. The van der Waals surface area contributed by atoms with Gasteiger partial charge in [-0.3, -0.25) is 0 Å². The summed E-state index contributed by atoms with van der Waals surface area (Å²) in [6.07, 6.45) is 0. The molecule has 0 atom stereocenters. The highest BCUT2D eigenvalue weighted by Crippen LogP contribution is 2.46. The van der Waals surface area contributed by atoms with Gasteiger partial charge in [-0.05, 0) is 43.8 Å². The number of fused-ring (bicyclic) bond motifs is 3. The lowest BCUT2D eigenvalue weighted by atomic mass is 9.86. The van der Waals surface area contributed by atoms with E-state index in [-0.39, 0.29) is 0 Å². The van der Waals surface area contributed by atoms with Gasteiger partial charge in [0.15, 0.2) is 0 Å². The van der Waals surface area contributed by atoms with Crippen molar-refractivity contribution in [2.24, 2.45) is 0 Å². The first-order valence-electron chi connectivity index (χ1n) is 11.3. The van der Waals surface area contributed by atoms with Crippen LogP contribution in [0.1, 0.15) is 0 Å². The topological polar surface area (TPSA) is 49.7 Å². The second-order valence-electron chi connectivity index (χ2n) is 8.31. The van der Waals surface area contributed by atoms with Gasteiger partial charge in [0.25, 0.3) is 0 Å². The number of benzene rings is 6. The summed E-state index contributed by atoms with van der Waals surface area (Å²) in [6.45, 7) is 0. The molecular formula is C30H21BO3. The van der Waals surface area contributed by atoms with Crippen molar-refractivity contribution >= 4 is 39.6 Å². The minimum absolute atomic E-state index is 0.468. The Morgan fingerprint density at radius 3 is 1.44 bits per heavy atom. The van der Waals surface area contributed by atoms with Gasteiger partial charge in [-0.15, -0.1) is 0 Å². The Labute approximate surface area is 197 Å². The summed E-state index contributed by atoms with van der Waals surface area (Å²) in [5.41, 5.74) is 4.60. The molecule has 3 nitrogen and oxygen atoms in total. The molecule has 0 unspecified atom stereocenters. The minimum Gasteiger partial charge on any atom is -0.511 e. The van der Waals surface area contributed by atoms with E-state index < -0.39 is 7.32 Å². The predicted octanol–water partition coefficient (Wildman–Crippen LogP) is 6.83. The number of hydrogen-bond acceptors (Lipinski definition) is 3. The van der Waals surface area contributed by atoms with Crippen LogP contribution in [0.5, 0.6) is 5.75 Å². The Morgan fingerprint density at radius 2 is 0.882 bits per heavy atom. The SMILES string of the molecule is OB(O)Oc1c2ccccc2c(-c2ccc(-c3ccccc3)c3ccccc23)c2ccccc12. The third kappa shape index (κ3) is 3.32. The van der Waals surface area contributed by atoms with Gasteiger partial charge in [0.05, 0.1) is 0 Å². The van der Waals surface area contributed by atoms with Crippen LogP contribution in [-0.4, -0.2) is 17.4 Å². The van der Waals surface area contributed by atoms with Gasteiger partial charge in [0.1, 0.15) is 5.75 Å². The maximum absolute atomic E-state index is 9.62. The Bertz CT molecular complexity index is 1600. The largest absolute Gasteiger partial charge is 0.707 e. The van der Waals surface area contributed by atoms with E-state index in [0.717, 1.165) is 38.1 Å². The van der Waals surface area contributed by atoms with Crippen molar-refractivity contribution in [1.82, 2.24) is 0 Å². The van der Waals surface area contributed by atoms with E-state index >= 15 is 0 Å². The fourth-order valence-electron chi connectivity index (χ4n) is 5.00. The molecule has 0 aliphatic heterocycles. The van der Waals surface area contributed by atoms with Crippen LogP contribution in [0.25, 0.3) is 54.6 Å². The summed E-state index contributed by atoms with van der Waals surface area (Å²) < 4.78 is 5.51. The molecule has 0 bridgehead atoms. The van der Waals surface area contributed by atoms with E-state index in [1.807, 2.05) is 42.5 Å². The summed E-state index contributed by atoms with van der Waals surface area (Å²) in [4.78, 5) is 0. The van der Waals surface area contributed by atoms with Gasteiger partial charge < -0.3 is 14.7 Å². The molecule has 6 rings (SSSR count). The Morgan fingerprint density at radius 1 is 0.441 bits per heavy atom. The van der Waals surface area contributed by atoms with Crippen LogP contribution in [-0.2, 0) is 0 Å². The zero-order chi connectivity index (χ0) is 23.1. The molecule has 0 heterocycles. The van der Waals surface area contributed by atoms with Crippen molar-refractivity contribution in [3.63, 3.8) is 0 Å². The summed E-state index contributed by atoms with van der Waals surface area (Å²) in [7, 11) is -1.90. The molecule has 0 saturated carbocycles. The molecule has 6 aromatic rings. The summed E-state index contributed by atoms with van der Waals surface area (Å²) in [6, 6.07) is 39.2. The highest BCUT2D eigenvalue weighted by molar-refractivity contribution is 6.35. The van der Waals surface area contributed by atoms with Crippen molar-refractivity contribution in [3.8, 4) is 28.0 Å². The molecule has 6 aromatic carbocycles. The molecule has 4 heteroatoms. The Balaban J connectivity index is 1.74. The molecule has 0 saturated heterocycles. The van der Waals surface area contributed by atoms with E-state index in [0.29, 0.717) is 5.75 Å². The highest BCUT2D eigenvalue weighted by atomic mass is 16.6.